The number of rotatable bonds is 7. The molecule has 29 heavy (non-hydrogen) atoms. The summed E-state index contributed by atoms with van der Waals surface area (Å²) >= 11 is 11.9. The van der Waals surface area contributed by atoms with Crippen molar-refractivity contribution in [3.05, 3.63) is 70.0 Å². The first-order valence-electron chi connectivity index (χ1n) is 8.44. The third kappa shape index (κ3) is 5.28. The van der Waals surface area contributed by atoms with Crippen molar-refractivity contribution in [2.75, 3.05) is 14.2 Å². The second-order valence-electron chi connectivity index (χ2n) is 5.80. The maximum Gasteiger partial charge on any atom is 0.262 e. The van der Waals surface area contributed by atoms with Gasteiger partial charge in [0.2, 0.25) is 11.8 Å². The SMILES string of the molecule is COc1ncnc(OC)c1C(=O)NCc1ccc(Oc2cc(Cl)cc(Cl)c2)cc1. The minimum Gasteiger partial charge on any atom is -0.480 e. The van der Waals surface area contributed by atoms with Crippen molar-refractivity contribution in [2.24, 2.45) is 0 Å². The summed E-state index contributed by atoms with van der Waals surface area (Å²) in [6, 6.07) is 12.2. The first-order valence-corrected chi connectivity index (χ1v) is 9.20. The van der Waals surface area contributed by atoms with E-state index >= 15 is 0 Å². The smallest absolute Gasteiger partial charge is 0.262 e. The number of carbonyl (C=O) groups excluding carboxylic acids is 1. The Kier molecular flexibility index (Phi) is 6.74. The highest BCUT2D eigenvalue weighted by molar-refractivity contribution is 6.34. The zero-order valence-electron chi connectivity index (χ0n) is 15.6. The summed E-state index contributed by atoms with van der Waals surface area (Å²) in [5, 5.41) is 3.77. The van der Waals surface area contributed by atoms with E-state index in [1.807, 2.05) is 12.1 Å². The molecule has 0 saturated heterocycles. The van der Waals surface area contributed by atoms with E-state index in [0.29, 0.717) is 21.5 Å². The molecule has 0 aliphatic carbocycles. The van der Waals surface area contributed by atoms with Crippen molar-refractivity contribution >= 4 is 29.1 Å². The molecule has 0 aliphatic rings. The monoisotopic (exact) mass is 433 g/mol. The minimum atomic E-state index is -0.409. The average Bonchev–Trinajstić information content (AvgIpc) is 2.71. The Morgan fingerprint density at radius 3 is 2.07 bits per heavy atom. The van der Waals surface area contributed by atoms with Crippen LogP contribution in [0.4, 0.5) is 0 Å². The first-order chi connectivity index (χ1) is 14.0. The maximum absolute atomic E-state index is 12.5. The molecule has 0 spiro atoms. The molecule has 2 aromatic carbocycles. The van der Waals surface area contributed by atoms with E-state index in [9.17, 15) is 4.79 Å². The highest BCUT2D eigenvalue weighted by Crippen LogP contribution is 2.28. The Morgan fingerprint density at radius 2 is 1.52 bits per heavy atom. The predicted octanol–water partition coefficient (Wildman–Crippen LogP) is 4.52. The van der Waals surface area contributed by atoms with Crippen LogP contribution >= 0.6 is 23.2 Å². The summed E-state index contributed by atoms with van der Waals surface area (Å²) in [6.07, 6.45) is 1.26. The average molecular weight is 434 g/mol. The number of nitrogens with one attached hydrogen (secondary N) is 1. The summed E-state index contributed by atoms with van der Waals surface area (Å²) in [5.74, 6) is 1.01. The van der Waals surface area contributed by atoms with Crippen LogP contribution in [0.5, 0.6) is 23.3 Å². The van der Waals surface area contributed by atoms with E-state index in [0.717, 1.165) is 5.56 Å². The van der Waals surface area contributed by atoms with Gasteiger partial charge in [0.05, 0.1) is 14.2 Å². The molecule has 3 aromatic rings. The summed E-state index contributed by atoms with van der Waals surface area (Å²) in [6.45, 7) is 0.281. The molecular weight excluding hydrogens is 417 g/mol. The van der Waals surface area contributed by atoms with Crippen molar-refractivity contribution in [2.45, 2.75) is 6.54 Å². The van der Waals surface area contributed by atoms with Crippen LogP contribution in [0.25, 0.3) is 0 Å². The molecule has 1 aromatic heterocycles. The molecule has 0 saturated carbocycles. The van der Waals surface area contributed by atoms with Gasteiger partial charge in [-0.3, -0.25) is 4.79 Å². The van der Waals surface area contributed by atoms with Gasteiger partial charge in [0.15, 0.2) is 5.56 Å². The van der Waals surface area contributed by atoms with Crippen LogP contribution in [0.15, 0.2) is 48.8 Å². The van der Waals surface area contributed by atoms with E-state index in [-0.39, 0.29) is 23.9 Å². The highest BCUT2D eigenvalue weighted by Gasteiger charge is 2.20. The van der Waals surface area contributed by atoms with E-state index in [1.54, 1.807) is 30.3 Å². The number of ether oxygens (including phenoxy) is 3. The molecule has 3 rings (SSSR count). The van der Waals surface area contributed by atoms with Gasteiger partial charge < -0.3 is 19.5 Å². The van der Waals surface area contributed by atoms with Crippen LogP contribution in [-0.2, 0) is 6.54 Å². The van der Waals surface area contributed by atoms with Crippen LogP contribution in [0, 0.1) is 0 Å². The Balaban J connectivity index is 1.65. The van der Waals surface area contributed by atoms with Crippen molar-refractivity contribution in [1.29, 1.82) is 0 Å². The first kappa shape index (κ1) is 20.7. The number of carbonyl (C=O) groups is 1. The number of halogens is 2. The van der Waals surface area contributed by atoms with Crippen molar-refractivity contribution < 1.29 is 19.0 Å². The zero-order valence-corrected chi connectivity index (χ0v) is 17.1. The molecular formula is C20H17Cl2N3O4. The molecule has 150 valence electrons. The molecule has 7 nitrogen and oxygen atoms in total. The van der Waals surface area contributed by atoms with Crippen LogP contribution in [-0.4, -0.2) is 30.1 Å². The van der Waals surface area contributed by atoms with Gasteiger partial charge in [-0.1, -0.05) is 35.3 Å². The fourth-order valence-corrected chi connectivity index (χ4v) is 3.03. The van der Waals surface area contributed by atoms with E-state index in [2.05, 4.69) is 15.3 Å². The number of benzene rings is 2. The summed E-state index contributed by atoms with van der Waals surface area (Å²) in [4.78, 5) is 20.4. The Hall–Kier alpha value is -3.03. The summed E-state index contributed by atoms with van der Waals surface area (Å²) in [5.41, 5.74) is 1.000. The molecule has 0 fully saturated rings. The van der Waals surface area contributed by atoms with Gasteiger partial charge in [0.25, 0.3) is 5.91 Å². The fraction of sp³-hybridized carbons (Fsp3) is 0.150. The largest absolute Gasteiger partial charge is 0.480 e. The lowest BCUT2D eigenvalue weighted by atomic mass is 10.2. The third-order valence-corrected chi connectivity index (χ3v) is 4.28. The zero-order chi connectivity index (χ0) is 20.8. The van der Waals surface area contributed by atoms with Crippen molar-refractivity contribution in [3.63, 3.8) is 0 Å². The predicted molar refractivity (Wildman–Crippen MR) is 109 cm³/mol. The quantitative estimate of drug-likeness (QED) is 0.589. The molecule has 0 aliphatic heterocycles. The number of hydrogen-bond acceptors (Lipinski definition) is 6. The minimum absolute atomic E-state index is 0.135. The van der Waals surface area contributed by atoms with E-state index < -0.39 is 5.91 Å². The lowest BCUT2D eigenvalue weighted by Gasteiger charge is -2.11. The second kappa shape index (κ2) is 9.45. The summed E-state index contributed by atoms with van der Waals surface area (Å²) in [7, 11) is 2.84. The summed E-state index contributed by atoms with van der Waals surface area (Å²) < 4.78 is 16.0. The van der Waals surface area contributed by atoms with Gasteiger partial charge in [-0.05, 0) is 35.9 Å². The van der Waals surface area contributed by atoms with Crippen LogP contribution in [0.3, 0.4) is 0 Å². The number of methoxy groups -OCH3 is 2. The number of amides is 1. The number of aromatic nitrogens is 2. The van der Waals surface area contributed by atoms with E-state index in [4.69, 9.17) is 37.4 Å². The molecule has 0 atom stereocenters. The maximum atomic E-state index is 12.5. The molecule has 1 heterocycles. The molecule has 0 unspecified atom stereocenters. The fourth-order valence-electron chi connectivity index (χ4n) is 2.53. The van der Waals surface area contributed by atoms with Crippen molar-refractivity contribution in [1.82, 2.24) is 15.3 Å². The molecule has 1 amide bonds. The Labute approximate surface area is 177 Å². The van der Waals surface area contributed by atoms with Gasteiger partial charge in [-0.2, -0.15) is 0 Å². The molecule has 0 radical (unpaired) electrons. The molecule has 0 bridgehead atoms. The lowest BCUT2D eigenvalue weighted by Crippen LogP contribution is -2.24. The van der Waals surface area contributed by atoms with Gasteiger partial charge in [0.1, 0.15) is 17.8 Å². The molecule has 9 heteroatoms. The Morgan fingerprint density at radius 1 is 0.931 bits per heavy atom. The standard InChI is InChI=1S/C20H17Cl2N3O4/c1-27-19-17(20(28-2)25-11-24-19)18(26)23-10-12-3-5-15(6-4-12)29-16-8-13(21)7-14(22)9-16/h3-9,11H,10H2,1-2H3,(H,23,26). The Bertz CT molecular complexity index is 971. The van der Waals surface area contributed by atoms with Gasteiger partial charge in [-0.25, -0.2) is 9.97 Å². The van der Waals surface area contributed by atoms with Gasteiger partial charge in [0, 0.05) is 16.6 Å². The third-order valence-electron chi connectivity index (χ3n) is 3.84. The lowest BCUT2D eigenvalue weighted by molar-refractivity contribution is 0.0943. The van der Waals surface area contributed by atoms with Crippen LogP contribution < -0.4 is 19.5 Å². The van der Waals surface area contributed by atoms with Gasteiger partial charge in [-0.15, -0.1) is 0 Å². The molecule has 1 N–H and O–H groups in total. The van der Waals surface area contributed by atoms with Crippen LogP contribution in [0.2, 0.25) is 10.0 Å². The topological polar surface area (TPSA) is 82.6 Å². The van der Waals surface area contributed by atoms with Crippen LogP contribution in [0.1, 0.15) is 15.9 Å². The van der Waals surface area contributed by atoms with Gasteiger partial charge >= 0.3 is 0 Å². The van der Waals surface area contributed by atoms with E-state index in [1.165, 1.54) is 20.5 Å². The normalized spacial score (nSPS) is 10.3. The second-order valence-corrected chi connectivity index (χ2v) is 6.67. The van der Waals surface area contributed by atoms with Crippen molar-refractivity contribution in [3.8, 4) is 23.3 Å². The highest BCUT2D eigenvalue weighted by atomic mass is 35.5. The number of hydrogen-bond donors (Lipinski definition) is 1. The number of nitrogens with zero attached hydrogens (tertiary/aromatic N) is 2.